The van der Waals surface area contributed by atoms with Gasteiger partial charge < -0.3 is 14.8 Å². The predicted molar refractivity (Wildman–Crippen MR) is 121 cm³/mol. The van der Waals surface area contributed by atoms with Gasteiger partial charge in [0.1, 0.15) is 5.82 Å². The molecule has 2 aromatic heterocycles. The Hall–Kier alpha value is -3.62. The van der Waals surface area contributed by atoms with Crippen molar-refractivity contribution in [2.75, 3.05) is 13.1 Å². The molecule has 1 saturated heterocycles. The number of carbonyl (C=O) groups excluding carboxylic acids is 2. The topological polar surface area (TPSA) is 67.2 Å². The van der Waals surface area contributed by atoms with E-state index in [1.807, 2.05) is 23.6 Å². The number of likely N-dealkylation sites (tertiary alicyclic amines) is 1. The van der Waals surface area contributed by atoms with Crippen LogP contribution in [0.3, 0.4) is 0 Å². The Morgan fingerprint density at radius 3 is 2.59 bits per heavy atom. The van der Waals surface area contributed by atoms with E-state index < -0.39 is 23.7 Å². The van der Waals surface area contributed by atoms with Gasteiger partial charge in [-0.15, -0.1) is 0 Å². The van der Waals surface area contributed by atoms with E-state index in [-0.39, 0.29) is 12.5 Å². The Morgan fingerprint density at radius 1 is 1.15 bits per heavy atom. The maximum absolute atomic E-state index is 13.3. The van der Waals surface area contributed by atoms with Gasteiger partial charge in [-0.05, 0) is 56.2 Å². The minimum atomic E-state index is -4.51. The van der Waals surface area contributed by atoms with Gasteiger partial charge in [-0.1, -0.05) is 18.2 Å². The molecule has 0 aliphatic carbocycles. The molecule has 34 heavy (non-hydrogen) atoms. The van der Waals surface area contributed by atoms with Crippen molar-refractivity contribution in [2.24, 2.45) is 0 Å². The summed E-state index contributed by atoms with van der Waals surface area (Å²) in [7, 11) is 0. The largest absolute Gasteiger partial charge is 0.416 e. The lowest BCUT2D eigenvalue weighted by Gasteiger charge is -2.26. The molecule has 1 N–H and O–H groups in total. The number of carbonyl (C=O) groups is 2. The molecular weight excluding hydrogens is 445 g/mol. The lowest BCUT2D eigenvalue weighted by Crippen LogP contribution is -2.38. The van der Waals surface area contributed by atoms with Crippen LogP contribution in [0.1, 0.15) is 51.8 Å². The number of aryl methyl sites for hydroxylation is 1. The number of rotatable bonds is 6. The molecule has 3 aromatic rings. The maximum atomic E-state index is 13.3. The summed E-state index contributed by atoms with van der Waals surface area (Å²) in [6.45, 7) is 4.26. The zero-order valence-electron chi connectivity index (χ0n) is 18.9. The molecule has 4 rings (SSSR count). The van der Waals surface area contributed by atoms with Gasteiger partial charge in [0.05, 0.1) is 17.2 Å². The SMILES string of the molecule is Cc1cc(C(=O)NC(CN2CCCC2=O)c2cccc(C(F)(F)F)c2)c(C)n1-c1ccccn1. The van der Waals surface area contributed by atoms with E-state index in [0.717, 1.165) is 17.8 Å². The number of benzene rings is 1. The molecule has 1 aromatic carbocycles. The van der Waals surface area contributed by atoms with Crippen molar-refractivity contribution in [1.82, 2.24) is 19.8 Å². The van der Waals surface area contributed by atoms with E-state index in [2.05, 4.69) is 10.3 Å². The molecule has 0 saturated carbocycles. The van der Waals surface area contributed by atoms with Crippen LogP contribution in [0.4, 0.5) is 13.2 Å². The lowest BCUT2D eigenvalue weighted by molar-refractivity contribution is -0.137. The van der Waals surface area contributed by atoms with Crippen LogP contribution in [0.2, 0.25) is 0 Å². The number of nitrogens with zero attached hydrogens (tertiary/aromatic N) is 3. The molecule has 178 valence electrons. The molecule has 1 fully saturated rings. The van der Waals surface area contributed by atoms with Gasteiger partial charge in [-0.3, -0.25) is 9.59 Å². The molecule has 1 atom stereocenters. The summed E-state index contributed by atoms with van der Waals surface area (Å²) in [5.74, 6) is 0.164. The number of amides is 2. The van der Waals surface area contributed by atoms with E-state index >= 15 is 0 Å². The monoisotopic (exact) mass is 470 g/mol. The molecule has 0 radical (unpaired) electrons. The summed E-state index contributed by atoms with van der Waals surface area (Å²) in [6.07, 6.45) is -1.77. The number of aromatic nitrogens is 2. The first-order valence-corrected chi connectivity index (χ1v) is 11.0. The number of hydrogen-bond acceptors (Lipinski definition) is 3. The summed E-state index contributed by atoms with van der Waals surface area (Å²) >= 11 is 0. The van der Waals surface area contributed by atoms with Gasteiger partial charge in [0, 0.05) is 37.1 Å². The summed E-state index contributed by atoms with van der Waals surface area (Å²) < 4.78 is 41.8. The molecule has 1 aliphatic rings. The molecule has 3 heterocycles. The number of hydrogen-bond donors (Lipinski definition) is 1. The van der Waals surface area contributed by atoms with Crippen LogP contribution in [0.25, 0.3) is 5.82 Å². The van der Waals surface area contributed by atoms with Gasteiger partial charge in [0.2, 0.25) is 5.91 Å². The van der Waals surface area contributed by atoms with Gasteiger partial charge in [-0.25, -0.2) is 4.98 Å². The van der Waals surface area contributed by atoms with Gasteiger partial charge in [0.15, 0.2) is 0 Å². The van der Waals surface area contributed by atoms with Gasteiger partial charge in [-0.2, -0.15) is 13.2 Å². The van der Waals surface area contributed by atoms with Crippen LogP contribution < -0.4 is 5.32 Å². The smallest absolute Gasteiger partial charge is 0.343 e. The van der Waals surface area contributed by atoms with Gasteiger partial charge in [0.25, 0.3) is 5.91 Å². The zero-order valence-corrected chi connectivity index (χ0v) is 18.9. The first-order chi connectivity index (χ1) is 16.1. The Bertz CT molecular complexity index is 1200. The summed E-state index contributed by atoms with van der Waals surface area (Å²) in [5, 5.41) is 2.87. The average Bonchev–Trinajstić information content (AvgIpc) is 3.35. The third kappa shape index (κ3) is 4.83. The summed E-state index contributed by atoms with van der Waals surface area (Å²) in [4.78, 5) is 31.4. The molecule has 0 bridgehead atoms. The number of alkyl halides is 3. The van der Waals surface area contributed by atoms with Crippen molar-refractivity contribution in [1.29, 1.82) is 0 Å². The Kier molecular flexibility index (Phi) is 6.45. The van der Waals surface area contributed by atoms with Crippen LogP contribution in [0.15, 0.2) is 54.7 Å². The van der Waals surface area contributed by atoms with Crippen LogP contribution in [-0.2, 0) is 11.0 Å². The van der Waals surface area contributed by atoms with E-state index in [1.54, 1.807) is 30.2 Å². The predicted octanol–water partition coefficient (Wildman–Crippen LogP) is 4.60. The Morgan fingerprint density at radius 2 is 1.94 bits per heavy atom. The lowest BCUT2D eigenvalue weighted by atomic mass is 10.0. The Balaban J connectivity index is 1.66. The third-order valence-corrected chi connectivity index (χ3v) is 6.05. The van der Waals surface area contributed by atoms with E-state index in [1.165, 1.54) is 12.1 Å². The average molecular weight is 470 g/mol. The quantitative estimate of drug-likeness (QED) is 0.573. The normalized spacial score (nSPS) is 15.0. The molecule has 1 unspecified atom stereocenters. The van der Waals surface area contributed by atoms with Crippen LogP contribution in [0, 0.1) is 13.8 Å². The highest BCUT2D eigenvalue weighted by atomic mass is 19.4. The fraction of sp³-hybridized carbons (Fsp3) is 0.320. The second kappa shape index (κ2) is 9.32. The van der Waals surface area contributed by atoms with Crippen molar-refractivity contribution < 1.29 is 22.8 Å². The third-order valence-electron chi connectivity index (χ3n) is 6.05. The van der Waals surface area contributed by atoms with E-state index in [0.29, 0.717) is 42.0 Å². The van der Waals surface area contributed by atoms with Crippen molar-refractivity contribution in [3.05, 3.63) is 82.8 Å². The molecule has 6 nitrogen and oxygen atoms in total. The van der Waals surface area contributed by atoms with Crippen LogP contribution in [-0.4, -0.2) is 39.4 Å². The first kappa shape index (κ1) is 23.5. The number of halogens is 3. The number of nitrogens with one attached hydrogen (secondary N) is 1. The molecule has 1 aliphatic heterocycles. The molecule has 9 heteroatoms. The Labute approximate surface area is 195 Å². The number of pyridine rings is 1. The van der Waals surface area contributed by atoms with Gasteiger partial charge >= 0.3 is 6.18 Å². The molecular formula is C25H25F3N4O2. The standard InChI is InChI=1S/C25H25F3N4O2/c1-16-13-20(17(2)32(16)22-9-3-4-11-29-22)24(34)30-21(15-31-12-6-10-23(31)33)18-7-5-8-19(14-18)25(26,27)28/h3-5,7-9,11,13-14,21H,6,10,12,15H2,1-2H3,(H,30,34). The molecule has 2 amide bonds. The van der Waals surface area contributed by atoms with Crippen molar-refractivity contribution in [3.63, 3.8) is 0 Å². The summed E-state index contributed by atoms with van der Waals surface area (Å²) in [5.41, 5.74) is 1.35. The van der Waals surface area contributed by atoms with Crippen molar-refractivity contribution in [3.8, 4) is 5.82 Å². The van der Waals surface area contributed by atoms with Crippen LogP contribution in [0.5, 0.6) is 0 Å². The minimum absolute atomic E-state index is 0.0699. The van der Waals surface area contributed by atoms with E-state index in [9.17, 15) is 22.8 Å². The van der Waals surface area contributed by atoms with Crippen LogP contribution >= 0.6 is 0 Å². The summed E-state index contributed by atoms with van der Waals surface area (Å²) in [6, 6.07) is 11.3. The van der Waals surface area contributed by atoms with Crippen molar-refractivity contribution in [2.45, 2.75) is 38.9 Å². The highest BCUT2D eigenvalue weighted by Gasteiger charge is 2.32. The maximum Gasteiger partial charge on any atom is 0.416 e. The minimum Gasteiger partial charge on any atom is -0.343 e. The fourth-order valence-electron chi connectivity index (χ4n) is 4.35. The van der Waals surface area contributed by atoms with Crippen molar-refractivity contribution >= 4 is 11.8 Å². The fourth-order valence-corrected chi connectivity index (χ4v) is 4.35. The second-order valence-corrected chi connectivity index (χ2v) is 8.40. The zero-order chi connectivity index (χ0) is 24.5. The highest BCUT2D eigenvalue weighted by molar-refractivity contribution is 5.96. The highest BCUT2D eigenvalue weighted by Crippen LogP contribution is 2.31. The molecule has 0 spiro atoms. The first-order valence-electron chi connectivity index (χ1n) is 11.0. The second-order valence-electron chi connectivity index (χ2n) is 8.40. The van der Waals surface area contributed by atoms with E-state index in [4.69, 9.17) is 0 Å².